The molecule has 2 saturated heterocycles. The average Bonchev–Trinajstić information content (AvgIpc) is 3.36. The first kappa shape index (κ1) is 20.0. The molecule has 2 fully saturated rings. The van der Waals surface area contributed by atoms with Crippen LogP contribution in [0.1, 0.15) is 30.0 Å². The molecular weight excluding hydrogens is 386 g/mol. The highest BCUT2D eigenvalue weighted by Gasteiger charge is 2.47. The van der Waals surface area contributed by atoms with Crippen molar-refractivity contribution in [2.45, 2.75) is 25.0 Å². The van der Waals surface area contributed by atoms with Gasteiger partial charge in [0.05, 0.1) is 24.8 Å². The fraction of sp³-hybridized carbons (Fsp3) is 0.304. The molecule has 0 radical (unpaired) electrons. The molecule has 2 aromatic carbocycles. The first-order valence-electron chi connectivity index (χ1n) is 9.83. The maximum Gasteiger partial charge on any atom is 0.295 e. The molecule has 2 atom stereocenters. The molecule has 1 amide bonds. The van der Waals surface area contributed by atoms with Gasteiger partial charge in [0.15, 0.2) is 0 Å². The number of phenols is 1. The van der Waals surface area contributed by atoms with Gasteiger partial charge in [-0.3, -0.25) is 9.59 Å². The third kappa shape index (κ3) is 3.64. The van der Waals surface area contributed by atoms with Crippen molar-refractivity contribution in [2.75, 3.05) is 20.3 Å². The molecule has 4 rings (SSSR count). The molecule has 2 N–H and O–H groups in total. The normalized spacial score (nSPS) is 23.2. The number of hydrogen-bond acceptors (Lipinski definition) is 6. The maximum atomic E-state index is 13.0. The van der Waals surface area contributed by atoms with Crippen LogP contribution in [0.25, 0.3) is 5.76 Å². The SMILES string of the molecule is COc1ccc(/C(O)=C2\C(=O)C(=O)N(C[C@H]3CCCO3)[C@@H]2c2ccc(O)cc2)cc1. The van der Waals surface area contributed by atoms with Crippen LogP contribution in [0.5, 0.6) is 11.5 Å². The lowest BCUT2D eigenvalue weighted by atomic mass is 9.95. The van der Waals surface area contributed by atoms with Gasteiger partial charge in [0, 0.05) is 18.7 Å². The van der Waals surface area contributed by atoms with Gasteiger partial charge in [-0.1, -0.05) is 12.1 Å². The second-order valence-electron chi connectivity index (χ2n) is 7.41. The summed E-state index contributed by atoms with van der Waals surface area (Å²) in [6.07, 6.45) is 1.57. The van der Waals surface area contributed by atoms with Gasteiger partial charge < -0.3 is 24.6 Å². The van der Waals surface area contributed by atoms with Gasteiger partial charge in [0.1, 0.15) is 17.3 Å². The lowest BCUT2D eigenvalue weighted by Crippen LogP contribution is -2.36. The van der Waals surface area contributed by atoms with E-state index in [4.69, 9.17) is 9.47 Å². The van der Waals surface area contributed by atoms with E-state index in [1.165, 1.54) is 24.1 Å². The molecule has 0 aliphatic carbocycles. The lowest BCUT2D eigenvalue weighted by molar-refractivity contribution is -0.140. The van der Waals surface area contributed by atoms with Crippen molar-refractivity contribution in [2.24, 2.45) is 0 Å². The Kier molecular flexibility index (Phi) is 5.46. The van der Waals surface area contributed by atoms with Crippen LogP contribution < -0.4 is 4.74 Å². The van der Waals surface area contributed by atoms with Crippen molar-refractivity contribution in [3.8, 4) is 11.5 Å². The number of methoxy groups -OCH3 is 1. The molecular formula is C23H23NO6. The minimum atomic E-state index is -0.767. The molecule has 0 spiro atoms. The zero-order valence-corrected chi connectivity index (χ0v) is 16.6. The summed E-state index contributed by atoms with van der Waals surface area (Å²) in [4.78, 5) is 27.3. The number of carbonyl (C=O) groups is 2. The van der Waals surface area contributed by atoms with E-state index in [-0.39, 0.29) is 29.7 Å². The number of amides is 1. The van der Waals surface area contributed by atoms with Crippen LogP contribution in [0, 0.1) is 0 Å². The predicted octanol–water partition coefficient (Wildman–Crippen LogP) is 3.00. The van der Waals surface area contributed by atoms with E-state index in [0.29, 0.717) is 23.5 Å². The number of aromatic hydroxyl groups is 1. The van der Waals surface area contributed by atoms with Crippen LogP contribution in [-0.2, 0) is 14.3 Å². The Bertz CT molecular complexity index is 974. The monoisotopic (exact) mass is 409 g/mol. The minimum absolute atomic E-state index is 0.0221. The van der Waals surface area contributed by atoms with E-state index in [1.807, 2.05) is 0 Å². The molecule has 0 bridgehead atoms. The molecule has 0 aromatic heterocycles. The number of nitrogens with zero attached hydrogens (tertiary/aromatic N) is 1. The number of aliphatic hydroxyl groups is 1. The molecule has 0 saturated carbocycles. The summed E-state index contributed by atoms with van der Waals surface area (Å²) in [6, 6.07) is 12.1. The summed E-state index contributed by atoms with van der Waals surface area (Å²) in [5, 5.41) is 20.7. The number of likely N-dealkylation sites (tertiary alicyclic amines) is 1. The Morgan fingerprint density at radius 1 is 1.13 bits per heavy atom. The predicted molar refractivity (Wildman–Crippen MR) is 109 cm³/mol. The van der Waals surface area contributed by atoms with E-state index < -0.39 is 17.7 Å². The third-order valence-electron chi connectivity index (χ3n) is 5.54. The summed E-state index contributed by atoms with van der Waals surface area (Å²) in [7, 11) is 1.54. The first-order valence-corrected chi connectivity index (χ1v) is 9.83. The Morgan fingerprint density at radius 3 is 2.43 bits per heavy atom. The molecule has 2 heterocycles. The molecule has 7 heteroatoms. The Labute approximate surface area is 174 Å². The summed E-state index contributed by atoms with van der Waals surface area (Å²) >= 11 is 0. The summed E-state index contributed by atoms with van der Waals surface area (Å²) in [5.74, 6) is -0.965. The van der Waals surface area contributed by atoms with Crippen LogP contribution in [0.15, 0.2) is 54.1 Å². The smallest absolute Gasteiger partial charge is 0.295 e. The van der Waals surface area contributed by atoms with E-state index in [0.717, 1.165) is 12.8 Å². The highest BCUT2D eigenvalue weighted by Crippen LogP contribution is 2.40. The number of ketones is 1. The average molecular weight is 409 g/mol. The van der Waals surface area contributed by atoms with E-state index in [1.54, 1.807) is 36.4 Å². The van der Waals surface area contributed by atoms with Gasteiger partial charge in [0.25, 0.3) is 11.7 Å². The van der Waals surface area contributed by atoms with Gasteiger partial charge in [0.2, 0.25) is 0 Å². The number of hydrogen-bond donors (Lipinski definition) is 2. The Balaban J connectivity index is 1.80. The molecule has 2 aromatic rings. The van der Waals surface area contributed by atoms with Crippen molar-refractivity contribution in [3.63, 3.8) is 0 Å². The van der Waals surface area contributed by atoms with E-state index in [2.05, 4.69) is 0 Å². The number of benzene rings is 2. The van der Waals surface area contributed by atoms with E-state index >= 15 is 0 Å². The fourth-order valence-electron chi connectivity index (χ4n) is 3.98. The van der Waals surface area contributed by atoms with Gasteiger partial charge in [-0.05, 0) is 54.8 Å². The van der Waals surface area contributed by atoms with Gasteiger partial charge >= 0.3 is 0 Å². The molecule has 7 nitrogen and oxygen atoms in total. The summed E-state index contributed by atoms with van der Waals surface area (Å²) in [5.41, 5.74) is 1.06. The molecule has 2 aliphatic heterocycles. The van der Waals surface area contributed by atoms with Gasteiger partial charge in [-0.2, -0.15) is 0 Å². The maximum absolute atomic E-state index is 13.0. The molecule has 156 valence electrons. The number of phenolic OH excluding ortho intramolecular Hbond substituents is 1. The molecule has 0 unspecified atom stereocenters. The van der Waals surface area contributed by atoms with Crippen LogP contribution in [-0.4, -0.2) is 53.2 Å². The minimum Gasteiger partial charge on any atom is -0.508 e. The quantitative estimate of drug-likeness (QED) is 0.448. The lowest BCUT2D eigenvalue weighted by Gasteiger charge is -2.27. The number of Topliss-reactive ketones (excluding diaryl/α,β-unsaturated/α-hetero) is 1. The molecule has 30 heavy (non-hydrogen) atoms. The van der Waals surface area contributed by atoms with Crippen molar-refractivity contribution in [3.05, 3.63) is 65.2 Å². The first-order chi connectivity index (χ1) is 14.5. The second-order valence-corrected chi connectivity index (χ2v) is 7.41. The van der Waals surface area contributed by atoms with Crippen LogP contribution in [0.3, 0.4) is 0 Å². The van der Waals surface area contributed by atoms with Crippen molar-refractivity contribution in [1.29, 1.82) is 0 Å². The number of ether oxygens (including phenoxy) is 2. The van der Waals surface area contributed by atoms with Gasteiger partial charge in [-0.15, -0.1) is 0 Å². The Hall–Kier alpha value is -3.32. The van der Waals surface area contributed by atoms with Crippen LogP contribution in [0.4, 0.5) is 0 Å². The number of rotatable bonds is 5. The number of aliphatic hydroxyl groups excluding tert-OH is 1. The zero-order chi connectivity index (χ0) is 21.3. The Morgan fingerprint density at radius 2 is 1.83 bits per heavy atom. The van der Waals surface area contributed by atoms with Gasteiger partial charge in [-0.25, -0.2) is 0 Å². The molecule has 2 aliphatic rings. The van der Waals surface area contributed by atoms with Crippen molar-refractivity contribution < 1.29 is 29.3 Å². The van der Waals surface area contributed by atoms with Crippen LogP contribution in [0.2, 0.25) is 0 Å². The number of carbonyl (C=O) groups excluding carboxylic acids is 2. The highest BCUT2D eigenvalue weighted by molar-refractivity contribution is 6.46. The fourth-order valence-corrected chi connectivity index (χ4v) is 3.98. The van der Waals surface area contributed by atoms with Crippen molar-refractivity contribution >= 4 is 17.4 Å². The van der Waals surface area contributed by atoms with Crippen molar-refractivity contribution in [1.82, 2.24) is 4.90 Å². The standard InChI is InChI=1S/C23H23NO6/c1-29-17-10-6-15(7-11-17)21(26)19-20(14-4-8-16(25)9-5-14)24(23(28)22(19)27)13-18-3-2-12-30-18/h4-11,18,20,25-26H,2-3,12-13H2,1H3/b21-19+/t18-,20-/m1/s1. The second kappa shape index (κ2) is 8.20. The third-order valence-corrected chi connectivity index (χ3v) is 5.54. The largest absolute Gasteiger partial charge is 0.508 e. The summed E-state index contributed by atoms with van der Waals surface area (Å²) < 4.78 is 10.8. The summed E-state index contributed by atoms with van der Waals surface area (Å²) in [6.45, 7) is 0.889. The highest BCUT2D eigenvalue weighted by atomic mass is 16.5. The van der Waals surface area contributed by atoms with Crippen LogP contribution >= 0.6 is 0 Å². The van der Waals surface area contributed by atoms with E-state index in [9.17, 15) is 19.8 Å². The topological polar surface area (TPSA) is 96.3 Å². The zero-order valence-electron chi connectivity index (χ0n) is 16.6.